The van der Waals surface area contributed by atoms with Gasteiger partial charge in [-0.05, 0) is 30.6 Å². The van der Waals surface area contributed by atoms with Gasteiger partial charge in [-0.15, -0.1) is 11.3 Å². The molecule has 0 bridgehead atoms. The van der Waals surface area contributed by atoms with Crippen LogP contribution in [0, 0.1) is 11.3 Å². The Morgan fingerprint density at radius 3 is 3.00 bits per heavy atom. The second kappa shape index (κ2) is 4.71. The monoisotopic (exact) mass is 276 g/mol. The van der Waals surface area contributed by atoms with Gasteiger partial charge >= 0.3 is 0 Å². The van der Waals surface area contributed by atoms with E-state index in [0.29, 0.717) is 5.41 Å². The first-order valence-electron chi connectivity index (χ1n) is 6.94. The van der Waals surface area contributed by atoms with Crippen molar-refractivity contribution in [2.75, 3.05) is 0 Å². The van der Waals surface area contributed by atoms with E-state index in [1.54, 1.807) is 17.7 Å². The molecule has 0 amide bonds. The summed E-state index contributed by atoms with van der Waals surface area (Å²) in [6.07, 6.45) is 6.31. The normalized spacial score (nSPS) is 19.4. The first-order valence-corrected chi connectivity index (χ1v) is 7.76. The average Bonchev–Trinajstić information content (AvgIpc) is 3.06. The molecule has 0 aliphatic heterocycles. The standard InChI is InChI=1S/C14H20N4S/c1-4-14(2,3)9-5-6-10-11(7-9)19-13(17-10)12-15-8-16-18-12/h8-9H,4-7H2,1-3H3,(H,15,16,18). The summed E-state index contributed by atoms with van der Waals surface area (Å²) in [4.78, 5) is 10.4. The lowest BCUT2D eigenvalue weighted by Crippen LogP contribution is -2.28. The molecule has 2 aromatic heterocycles. The molecule has 102 valence electrons. The minimum atomic E-state index is 0.425. The molecule has 0 saturated heterocycles. The molecule has 2 aromatic rings. The van der Waals surface area contributed by atoms with Gasteiger partial charge in [0, 0.05) is 4.88 Å². The number of hydrogen-bond donors (Lipinski definition) is 1. The zero-order valence-electron chi connectivity index (χ0n) is 11.7. The molecular weight excluding hydrogens is 256 g/mol. The second-order valence-electron chi connectivity index (χ2n) is 6.00. The van der Waals surface area contributed by atoms with Crippen molar-refractivity contribution >= 4 is 11.3 Å². The number of aromatic nitrogens is 4. The maximum Gasteiger partial charge on any atom is 0.184 e. The Bertz CT molecular complexity index is 556. The van der Waals surface area contributed by atoms with Crippen LogP contribution >= 0.6 is 11.3 Å². The molecule has 4 nitrogen and oxygen atoms in total. The second-order valence-corrected chi connectivity index (χ2v) is 7.09. The highest BCUT2D eigenvalue weighted by molar-refractivity contribution is 7.15. The zero-order chi connectivity index (χ0) is 13.5. The average molecular weight is 276 g/mol. The molecule has 0 saturated carbocycles. The molecule has 0 spiro atoms. The van der Waals surface area contributed by atoms with Crippen molar-refractivity contribution in [3.8, 4) is 10.8 Å². The predicted octanol–water partition coefficient (Wildman–Crippen LogP) is 3.47. The zero-order valence-corrected chi connectivity index (χ0v) is 12.5. The van der Waals surface area contributed by atoms with E-state index in [2.05, 4.69) is 36.0 Å². The van der Waals surface area contributed by atoms with E-state index in [4.69, 9.17) is 4.98 Å². The molecule has 1 aliphatic rings. The van der Waals surface area contributed by atoms with E-state index < -0.39 is 0 Å². The van der Waals surface area contributed by atoms with E-state index in [-0.39, 0.29) is 0 Å². The molecule has 19 heavy (non-hydrogen) atoms. The molecule has 1 atom stereocenters. The van der Waals surface area contributed by atoms with Gasteiger partial charge in [0.25, 0.3) is 0 Å². The minimum absolute atomic E-state index is 0.425. The first-order chi connectivity index (χ1) is 9.10. The van der Waals surface area contributed by atoms with Crippen molar-refractivity contribution < 1.29 is 0 Å². The fraction of sp³-hybridized carbons (Fsp3) is 0.643. The molecule has 5 heteroatoms. The van der Waals surface area contributed by atoms with Gasteiger partial charge in [-0.2, -0.15) is 5.10 Å². The van der Waals surface area contributed by atoms with E-state index in [0.717, 1.165) is 23.2 Å². The van der Waals surface area contributed by atoms with Crippen LogP contribution in [0.4, 0.5) is 0 Å². The van der Waals surface area contributed by atoms with Crippen molar-refractivity contribution in [2.24, 2.45) is 11.3 Å². The number of H-pyrrole nitrogens is 1. The summed E-state index contributed by atoms with van der Waals surface area (Å²) in [5.74, 6) is 1.57. The van der Waals surface area contributed by atoms with Crippen molar-refractivity contribution in [1.29, 1.82) is 0 Å². The minimum Gasteiger partial charge on any atom is -0.257 e. The van der Waals surface area contributed by atoms with Crippen LogP contribution < -0.4 is 0 Å². The summed E-state index contributed by atoms with van der Waals surface area (Å²) >= 11 is 1.78. The first kappa shape index (κ1) is 12.8. The number of thiazole rings is 1. The summed E-state index contributed by atoms with van der Waals surface area (Å²) in [5.41, 5.74) is 1.70. The van der Waals surface area contributed by atoms with Crippen LogP contribution in [0.2, 0.25) is 0 Å². The van der Waals surface area contributed by atoms with E-state index in [1.165, 1.54) is 29.8 Å². The predicted molar refractivity (Wildman–Crippen MR) is 77.1 cm³/mol. The fourth-order valence-corrected chi connectivity index (χ4v) is 3.87. The van der Waals surface area contributed by atoms with Crippen LogP contribution in [0.3, 0.4) is 0 Å². The summed E-state index contributed by atoms with van der Waals surface area (Å²) in [6.45, 7) is 7.07. The maximum absolute atomic E-state index is 4.72. The maximum atomic E-state index is 4.72. The number of aryl methyl sites for hydroxylation is 1. The lowest BCUT2D eigenvalue weighted by atomic mass is 9.70. The van der Waals surface area contributed by atoms with Gasteiger partial charge in [-0.3, -0.25) is 5.10 Å². The third kappa shape index (κ3) is 2.31. The highest BCUT2D eigenvalue weighted by Crippen LogP contribution is 2.42. The van der Waals surface area contributed by atoms with Crippen LogP contribution in [0.15, 0.2) is 6.33 Å². The number of aromatic amines is 1. The van der Waals surface area contributed by atoms with Crippen molar-refractivity contribution in [3.05, 3.63) is 16.9 Å². The summed E-state index contributed by atoms with van der Waals surface area (Å²) < 4.78 is 0. The van der Waals surface area contributed by atoms with Gasteiger partial charge in [-0.25, -0.2) is 9.97 Å². The van der Waals surface area contributed by atoms with Crippen molar-refractivity contribution in [1.82, 2.24) is 20.2 Å². The highest BCUT2D eigenvalue weighted by atomic mass is 32.1. The van der Waals surface area contributed by atoms with E-state index in [9.17, 15) is 0 Å². The molecule has 0 fully saturated rings. The Kier molecular flexibility index (Phi) is 3.17. The molecule has 2 heterocycles. The third-order valence-electron chi connectivity index (χ3n) is 4.57. The number of nitrogens with one attached hydrogen (secondary N) is 1. The van der Waals surface area contributed by atoms with Gasteiger partial charge in [0.2, 0.25) is 0 Å². The Balaban J connectivity index is 1.86. The van der Waals surface area contributed by atoms with Gasteiger partial charge in [-0.1, -0.05) is 27.2 Å². The molecule has 0 radical (unpaired) electrons. The van der Waals surface area contributed by atoms with Crippen molar-refractivity contribution in [3.63, 3.8) is 0 Å². The number of rotatable bonds is 3. The molecule has 0 aromatic carbocycles. The quantitative estimate of drug-likeness (QED) is 0.934. The largest absolute Gasteiger partial charge is 0.257 e. The van der Waals surface area contributed by atoms with Crippen LogP contribution in [-0.2, 0) is 12.8 Å². The van der Waals surface area contributed by atoms with E-state index in [1.807, 2.05) is 0 Å². The van der Waals surface area contributed by atoms with Gasteiger partial charge < -0.3 is 0 Å². The van der Waals surface area contributed by atoms with E-state index >= 15 is 0 Å². The smallest absolute Gasteiger partial charge is 0.184 e. The third-order valence-corrected chi connectivity index (χ3v) is 5.70. The Morgan fingerprint density at radius 2 is 2.32 bits per heavy atom. The molecule has 1 unspecified atom stereocenters. The number of hydrogen-bond acceptors (Lipinski definition) is 4. The summed E-state index contributed by atoms with van der Waals surface area (Å²) in [6, 6.07) is 0. The number of nitrogens with zero attached hydrogens (tertiary/aromatic N) is 3. The molecule has 1 N–H and O–H groups in total. The number of fused-ring (bicyclic) bond motifs is 1. The lowest BCUT2D eigenvalue weighted by molar-refractivity contribution is 0.183. The van der Waals surface area contributed by atoms with Crippen LogP contribution in [-0.4, -0.2) is 20.2 Å². The van der Waals surface area contributed by atoms with Crippen LogP contribution in [0.25, 0.3) is 10.8 Å². The Labute approximate surface area is 117 Å². The molecular formula is C14H20N4S. The SMILES string of the molecule is CCC(C)(C)C1CCc2nc(-c3ncn[nH]3)sc2C1. The summed E-state index contributed by atoms with van der Waals surface area (Å²) in [5, 5.41) is 7.79. The van der Waals surface area contributed by atoms with Crippen LogP contribution in [0.5, 0.6) is 0 Å². The highest BCUT2D eigenvalue weighted by Gasteiger charge is 2.32. The van der Waals surface area contributed by atoms with Gasteiger partial charge in [0.05, 0.1) is 5.69 Å². The molecule has 3 rings (SSSR count). The Hall–Kier alpha value is -1.23. The van der Waals surface area contributed by atoms with Gasteiger partial charge in [0.15, 0.2) is 10.8 Å². The van der Waals surface area contributed by atoms with Crippen LogP contribution in [0.1, 0.15) is 44.2 Å². The topological polar surface area (TPSA) is 54.5 Å². The lowest BCUT2D eigenvalue weighted by Gasteiger charge is -2.35. The fourth-order valence-electron chi connectivity index (χ4n) is 2.74. The molecule has 1 aliphatic carbocycles. The summed E-state index contributed by atoms with van der Waals surface area (Å²) in [7, 11) is 0. The van der Waals surface area contributed by atoms with Crippen molar-refractivity contribution in [2.45, 2.75) is 46.5 Å². The Morgan fingerprint density at radius 1 is 1.47 bits per heavy atom. The van der Waals surface area contributed by atoms with Gasteiger partial charge in [0.1, 0.15) is 6.33 Å².